The highest BCUT2D eigenvalue weighted by Crippen LogP contribution is 2.38. The number of amides is 1. The van der Waals surface area contributed by atoms with Gasteiger partial charge in [-0.1, -0.05) is 25.3 Å². The van der Waals surface area contributed by atoms with Crippen LogP contribution in [0.3, 0.4) is 0 Å². The standard InChI is InChI=1S/C19H28N2O3/c1-24-18-8-7-14(12-20-18)19(15-10-16(22)11-15)21-17(23)9-13-5-3-2-4-6-13/h7-8,12-13,15-16,19,22H,2-6,9-11H2,1H3,(H,21,23). The molecule has 0 spiro atoms. The highest BCUT2D eigenvalue weighted by molar-refractivity contribution is 5.76. The fourth-order valence-corrected chi connectivity index (χ4v) is 3.96. The maximum absolute atomic E-state index is 12.5. The number of carbonyl (C=O) groups excluding carboxylic acids is 1. The highest BCUT2D eigenvalue weighted by atomic mass is 16.5. The van der Waals surface area contributed by atoms with Gasteiger partial charge in [-0.15, -0.1) is 0 Å². The molecule has 1 unspecified atom stereocenters. The second kappa shape index (κ2) is 7.97. The van der Waals surface area contributed by atoms with Gasteiger partial charge < -0.3 is 15.2 Å². The average Bonchev–Trinajstić information content (AvgIpc) is 2.58. The molecule has 5 nitrogen and oxygen atoms in total. The Kier molecular flexibility index (Phi) is 5.72. The zero-order valence-electron chi connectivity index (χ0n) is 14.4. The summed E-state index contributed by atoms with van der Waals surface area (Å²) in [6, 6.07) is 3.72. The minimum Gasteiger partial charge on any atom is -0.481 e. The number of aliphatic hydroxyl groups excluding tert-OH is 1. The third-order valence-electron chi connectivity index (χ3n) is 5.46. The first-order valence-electron chi connectivity index (χ1n) is 9.13. The third-order valence-corrected chi connectivity index (χ3v) is 5.46. The first kappa shape index (κ1) is 17.2. The van der Waals surface area contributed by atoms with Crippen LogP contribution in [-0.4, -0.2) is 29.2 Å². The molecule has 5 heteroatoms. The quantitative estimate of drug-likeness (QED) is 0.840. The number of methoxy groups -OCH3 is 1. The zero-order valence-corrected chi connectivity index (χ0v) is 14.4. The number of nitrogens with zero attached hydrogens (tertiary/aromatic N) is 1. The van der Waals surface area contributed by atoms with Gasteiger partial charge in [-0.2, -0.15) is 0 Å². The minimum atomic E-state index is -0.237. The molecule has 1 aromatic heterocycles. The van der Waals surface area contributed by atoms with Crippen LogP contribution in [0.25, 0.3) is 0 Å². The molecule has 0 aromatic carbocycles. The largest absolute Gasteiger partial charge is 0.481 e. The molecule has 1 amide bonds. The van der Waals surface area contributed by atoms with Crippen LogP contribution in [-0.2, 0) is 4.79 Å². The summed E-state index contributed by atoms with van der Waals surface area (Å²) in [5.74, 6) is 1.51. The Morgan fingerprint density at radius 2 is 2.08 bits per heavy atom. The van der Waals surface area contributed by atoms with Crippen molar-refractivity contribution >= 4 is 5.91 Å². The van der Waals surface area contributed by atoms with Crippen LogP contribution in [0.2, 0.25) is 0 Å². The Morgan fingerprint density at radius 3 is 2.67 bits per heavy atom. The number of aliphatic hydroxyl groups is 1. The molecule has 132 valence electrons. The maximum Gasteiger partial charge on any atom is 0.220 e. The molecule has 2 N–H and O–H groups in total. The van der Waals surface area contributed by atoms with Crippen LogP contribution in [0.15, 0.2) is 18.3 Å². The maximum atomic E-state index is 12.5. The Labute approximate surface area is 143 Å². The Bertz CT molecular complexity index is 534. The molecular formula is C19H28N2O3. The monoisotopic (exact) mass is 332 g/mol. The molecule has 2 saturated carbocycles. The van der Waals surface area contributed by atoms with Crippen molar-refractivity contribution < 1.29 is 14.6 Å². The van der Waals surface area contributed by atoms with E-state index in [-0.39, 0.29) is 24.0 Å². The van der Waals surface area contributed by atoms with E-state index in [1.165, 1.54) is 32.1 Å². The van der Waals surface area contributed by atoms with E-state index in [9.17, 15) is 9.90 Å². The van der Waals surface area contributed by atoms with Gasteiger partial charge in [0.05, 0.1) is 19.3 Å². The van der Waals surface area contributed by atoms with Crippen molar-refractivity contribution in [3.8, 4) is 5.88 Å². The lowest BCUT2D eigenvalue weighted by molar-refractivity contribution is -0.124. The van der Waals surface area contributed by atoms with Crippen LogP contribution >= 0.6 is 0 Å². The average molecular weight is 332 g/mol. The molecule has 0 bridgehead atoms. The summed E-state index contributed by atoms with van der Waals surface area (Å²) in [5, 5.41) is 12.9. The predicted octanol–water partition coefficient (Wildman–Crippen LogP) is 2.99. The van der Waals surface area contributed by atoms with Crippen molar-refractivity contribution in [1.82, 2.24) is 10.3 Å². The van der Waals surface area contributed by atoms with Crippen molar-refractivity contribution in [1.29, 1.82) is 0 Å². The van der Waals surface area contributed by atoms with Crippen LogP contribution in [0.4, 0.5) is 0 Å². The summed E-state index contributed by atoms with van der Waals surface area (Å²) in [6.07, 6.45) is 9.77. The number of pyridine rings is 1. The molecule has 2 aliphatic rings. The second-order valence-corrected chi connectivity index (χ2v) is 7.27. The number of carbonyl (C=O) groups is 1. The summed E-state index contributed by atoms with van der Waals surface area (Å²) in [5.41, 5.74) is 0.990. The van der Waals surface area contributed by atoms with Crippen molar-refractivity contribution in [2.75, 3.05) is 7.11 Å². The third kappa shape index (κ3) is 4.26. The lowest BCUT2D eigenvalue weighted by Crippen LogP contribution is -2.41. The Morgan fingerprint density at radius 1 is 1.33 bits per heavy atom. The summed E-state index contributed by atoms with van der Waals surface area (Å²) in [4.78, 5) is 16.8. The zero-order chi connectivity index (χ0) is 16.9. The van der Waals surface area contributed by atoms with E-state index in [4.69, 9.17) is 4.74 Å². The van der Waals surface area contributed by atoms with E-state index < -0.39 is 0 Å². The normalized spacial score (nSPS) is 25.6. The predicted molar refractivity (Wildman–Crippen MR) is 91.6 cm³/mol. The van der Waals surface area contributed by atoms with Crippen LogP contribution in [0, 0.1) is 11.8 Å². The summed E-state index contributed by atoms with van der Waals surface area (Å²) >= 11 is 0. The van der Waals surface area contributed by atoms with Crippen LogP contribution < -0.4 is 10.1 Å². The molecule has 1 atom stereocenters. The summed E-state index contributed by atoms with van der Waals surface area (Å²) < 4.78 is 5.11. The van der Waals surface area contributed by atoms with Gasteiger partial charge >= 0.3 is 0 Å². The summed E-state index contributed by atoms with van der Waals surface area (Å²) in [7, 11) is 1.59. The molecule has 2 fully saturated rings. The number of hydrogen-bond acceptors (Lipinski definition) is 4. The SMILES string of the molecule is COc1ccc(C(NC(=O)CC2CCCCC2)C2CC(O)C2)cn1. The molecular weight excluding hydrogens is 304 g/mol. The van der Waals surface area contributed by atoms with Gasteiger partial charge in [-0.25, -0.2) is 4.98 Å². The van der Waals surface area contributed by atoms with Crippen LogP contribution in [0.5, 0.6) is 5.88 Å². The Balaban J connectivity index is 1.64. The van der Waals surface area contributed by atoms with Crippen molar-refractivity contribution in [2.24, 2.45) is 11.8 Å². The summed E-state index contributed by atoms with van der Waals surface area (Å²) in [6.45, 7) is 0. The van der Waals surface area contributed by atoms with Gasteiger partial charge in [-0.3, -0.25) is 4.79 Å². The Hall–Kier alpha value is -1.62. The molecule has 0 aliphatic heterocycles. The number of nitrogens with one attached hydrogen (secondary N) is 1. The van der Waals surface area contributed by atoms with E-state index >= 15 is 0 Å². The molecule has 1 aromatic rings. The van der Waals surface area contributed by atoms with Crippen molar-refractivity contribution in [3.63, 3.8) is 0 Å². The molecule has 3 rings (SSSR count). The first-order valence-corrected chi connectivity index (χ1v) is 9.13. The fraction of sp³-hybridized carbons (Fsp3) is 0.684. The van der Waals surface area contributed by atoms with E-state index in [1.807, 2.05) is 12.1 Å². The number of hydrogen-bond donors (Lipinski definition) is 2. The minimum absolute atomic E-state index is 0.0668. The number of aromatic nitrogens is 1. The van der Waals surface area contributed by atoms with Gasteiger partial charge in [0.2, 0.25) is 11.8 Å². The van der Waals surface area contributed by atoms with Gasteiger partial charge in [-0.05, 0) is 43.1 Å². The molecule has 1 heterocycles. The topological polar surface area (TPSA) is 71.5 Å². The second-order valence-electron chi connectivity index (χ2n) is 7.27. The first-order chi connectivity index (χ1) is 11.7. The molecule has 2 aliphatic carbocycles. The van der Waals surface area contributed by atoms with Gasteiger partial charge in [0.15, 0.2) is 0 Å². The fourth-order valence-electron chi connectivity index (χ4n) is 3.96. The van der Waals surface area contributed by atoms with Gasteiger partial charge in [0, 0.05) is 18.7 Å². The number of rotatable bonds is 6. The molecule has 24 heavy (non-hydrogen) atoms. The van der Waals surface area contributed by atoms with E-state index in [0.29, 0.717) is 18.2 Å². The van der Waals surface area contributed by atoms with Crippen LogP contribution in [0.1, 0.15) is 63.0 Å². The number of ether oxygens (including phenoxy) is 1. The van der Waals surface area contributed by atoms with Gasteiger partial charge in [0.25, 0.3) is 0 Å². The lowest BCUT2D eigenvalue weighted by Gasteiger charge is -2.38. The van der Waals surface area contributed by atoms with Crippen molar-refractivity contribution in [2.45, 2.75) is 63.5 Å². The van der Waals surface area contributed by atoms with E-state index in [0.717, 1.165) is 18.4 Å². The smallest absolute Gasteiger partial charge is 0.220 e. The molecule has 0 saturated heterocycles. The van der Waals surface area contributed by atoms with Gasteiger partial charge in [0.1, 0.15) is 0 Å². The van der Waals surface area contributed by atoms with Crippen molar-refractivity contribution in [3.05, 3.63) is 23.9 Å². The lowest BCUT2D eigenvalue weighted by atomic mass is 9.75. The van der Waals surface area contributed by atoms with E-state index in [1.54, 1.807) is 13.3 Å². The van der Waals surface area contributed by atoms with E-state index in [2.05, 4.69) is 10.3 Å². The highest BCUT2D eigenvalue weighted by Gasteiger charge is 2.36. The molecule has 0 radical (unpaired) electrons.